The first-order chi connectivity index (χ1) is 15.1. The lowest BCUT2D eigenvalue weighted by Crippen LogP contribution is -2.04. The summed E-state index contributed by atoms with van der Waals surface area (Å²) in [5, 5.41) is 11.0. The number of rotatable bonds is 9. The molecule has 0 spiro atoms. The number of hydrogen-bond acceptors (Lipinski definition) is 8. The third kappa shape index (κ3) is 4.03. The van der Waals surface area contributed by atoms with Gasteiger partial charge in [0, 0.05) is 36.7 Å². The van der Waals surface area contributed by atoms with Gasteiger partial charge in [0.2, 0.25) is 12.4 Å². The van der Waals surface area contributed by atoms with Gasteiger partial charge in [0.1, 0.15) is 5.69 Å². The van der Waals surface area contributed by atoms with Crippen LogP contribution in [-0.4, -0.2) is 57.0 Å². The van der Waals surface area contributed by atoms with E-state index in [2.05, 4.69) is 30.7 Å². The molecule has 0 fully saturated rings. The van der Waals surface area contributed by atoms with E-state index < -0.39 is 0 Å². The standard InChI is InChI=1S/C20H22N8O3/c1-12-8-23-20(25-15-10-28(6-7-30-2)27-19(15)31-3)26-16(12)14-9-22-17-13(14)4-5-21-18(17)24-11-29/h4-5,8-11,22H,6-7H2,1-3H3,(H,21,24,29)(H,23,25,26). The summed E-state index contributed by atoms with van der Waals surface area (Å²) in [5.41, 5.74) is 3.89. The van der Waals surface area contributed by atoms with Gasteiger partial charge in [-0.3, -0.25) is 9.48 Å². The average molecular weight is 422 g/mol. The first-order valence-corrected chi connectivity index (χ1v) is 9.52. The molecule has 0 saturated carbocycles. The molecule has 0 unspecified atom stereocenters. The third-order valence-corrected chi connectivity index (χ3v) is 4.72. The highest BCUT2D eigenvalue weighted by atomic mass is 16.5. The minimum Gasteiger partial charge on any atom is -0.478 e. The molecule has 0 saturated heterocycles. The number of amides is 1. The summed E-state index contributed by atoms with van der Waals surface area (Å²) in [6.07, 6.45) is 7.64. The predicted octanol–water partition coefficient (Wildman–Crippen LogP) is 2.49. The van der Waals surface area contributed by atoms with E-state index in [1.165, 1.54) is 0 Å². The van der Waals surface area contributed by atoms with Crippen molar-refractivity contribution in [3.8, 4) is 17.1 Å². The zero-order chi connectivity index (χ0) is 21.8. The zero-order valence-corrected chi connectivity index (χ0v) is 17.3. The molecule has 0 aliphatic carbocycles. The van der Waals surface area contributed by atoms with Crippen LogP contribution in [0.5, 0.6) is 5.88 Å². The summed E-state index contributed by atoms with van der Waals surface area (Å²) < 4.78 is 12.2. The van der Waals surface area contributed by atoms with Crippen LogP contribution in [0.2, 0.25) is 0 Å². The maximum Gasteiger partial charge on any atom is 0.256 e. The Labute approximate surface area is 177 Å². The average Bonchev–Trinajstić information content (AvgIpc) is 3.38. The quantitative estimate of drug-likeness (QED) is 0.351. The number of ether oxygens (including phenoxy) is 2. The van der Waals surface area contributed by atoms with Crippen LogP contribution in [0.4, 0.5) is 17.5 Å². The molecule has 0 radical (unpaired) electrons. The lowest BCUT2D eigenvalue weighted by atomic mass is 10.1. The number of carbonyl (C=O) groups excluding carboxylic acids is 1. The number of aromatic nitrogens is 6. The Morgan fingerprint density at radius 1 is 1.29 bits per heavy atom. The fraction of sp³-hybridized carbons (Fsp3) is 0.250. The largest absolute Gasteiger partial charge is 0.478 e. The Morgan fingerprint density at radius 2 is 2.16 bits per heavy atom. The van der Waals surface area contributed by atoms with Crippen LogP contribution in [0, 0.1) is 6.92 Å². The molecule has 0 bridgehead atoms. The van der Waals surface area contributed by atoms with Crippen molar-refractivity contribution in [2.24, 2.45) is 0 Å². The van der Waals surface area contributed by atoms with Gasteiger partial charge in [-0.05, 0) is 18.6 Å². The monoisotopic (exact) mass is 422 g/mol. The number of hydrogen-bond donors (Lipinski definition) is 3. The number of carbonyl (C=O) groups is 1. The van der Waals surface area contributed by atoms with Crippen molar-refractivity contribution in [1.29, 1.82) is 0 Å². The number of aromatic amines is 1. The van der Waals surface area contributed by atoms with Gasteiger partial charge in [-0.15, -0.1) is 5.10 Å². The topological polar surface area (TPSA) is 132 Å². The lowest BCUT2D eigenvalue weighted by molar-refractivity contribution is -0.105. The van der Waals surface area contributed by atoms with Crippen LogP contribution in [0.3, 0.4) is 0 Å². The molecule has 3 N–H and O–H groups in total. The maximum atomic E-state index is 10.9. The van der Waals surface area contributed by atoms with Crippen LogP contribution in [0.25, 0.3) is 22.2 Å². The normalized spacial score (nSPS) is 10.9. The van der Waals surface area contributed by atoms with Crippen LogP contribution in [0.15, 0.2) is 30.9 Å². The fourth-order valence-corrected chi connectivity index (χ4v) is 3.25. The molecule has 4 rings (SSSR count). The van der Waals surface area contributed by atoms with Gasteiger partial charge in [0.05, 0.1) is 37.7 Å². The van der Waals surface area contributed by atoms with Crippen LogP contribution < -0.4 is 15.4 Å². The van der Waals surface area contributed by atoms with E-state index in [1.54, 1.807) is 31.3 Å². The van der Waals surface area contributed by atoms with Crippen molar-refractivity contribution >= 4 is 34.8 Å². The molecule has 0 aliphatic heterocycles. The first kappa shape index (κ1) is 20.3. The molecule has 0 atom stereocenters. The summed E-state index contributed by atoms with van der Waals surface area (Å²) >= 11 is 0. The van der Waals surface area contributed by atoms with Crippen molar-refractivity contribution in [2.45, 2.75) is 13.5 Å². The van der Waals surface area contributed by atoms with Crippen LogP contribution in [-0.2, 0) is 16.1 Å². The molecule has 11 nitrogen and oxygen atoms in total. The van der Waals surface area contributed by atoms with Gasteiger partial charge < -0.3 is 25.1 Å². The second kappa shape index (κ2) is 8.79. The summed E-state index contributed by atoms with van der Waals surface area (Å²) in [7, 11) is 3.20. The molecule has 0 aromatic carbocycles. The van der Waals surface area contributed by atoms with E-state index in [0.717, 1.165) is 27.7 Å². The van der Waals surface area contributed by atoms with Gasteiger partial charge in [0.15, 0.2) is 5.82 Å². The van der Waals surface area contributed by atoms with Crippen molar-refractivity contribution in [3.05, 3.63) is 36.4 Å². The van der Waals surface area contributed by atoms with Crippen LogP contribution in [0.1, 0.15) is 5.56 Å². The second-order valence-electron chi connectivity index (χ2n) is 6.70. The molecule has 1 amide bonds. The Balaban J connectivity index is 1.69. The summed E-state index contributed by atoms with van der Waals surface area (Å²) in [5.74, 6) is 1.29. The maximum absolute atomic E-state index is 10.9. The first-order valence-electron chi connectivity index (χ1n) is 9.52. The lowest BCUT2D eigenvalue weighted by Gasteiger charge is -2.08. The molecule has 4 heterocycles. The number of anilines is 3. The van der Waals surface area contributed by atoms with Crippen LogP contribution >= 0.6 is 0 Å². The minimum absolute atomic E-state index is 0.403. The fourth-order valence-electron chi connectivity index (χ4n) is 3.25. The Bertz CT molecular complexity index is 1220. The van der Waals surface area contributed by atoms with Gasteiger partial charge in [0.25, 0.3) is 5.88 Å². The van der Waals surface area contributed by atoms with E-state index in [-0.39, 0.29) is 0 Å². The zero-order valence-electron chi connectivity index (χ0n) is 17.3. The molecule has 11 heteroatoms. The van der Waals surface area contributed by atoms with E-state index in [4.69, 9.17) is 14.5 Å². The number of pyridine rings is 1. The summed E-state index contributed by atoms with van der Waals surface area (Å²) in [4.78, 5) is 27.3. The van der Waals surface area contributed by atoms with E-state index in [9.17, 15) is 4.79 Å². The van der Waals surface area contributed by atoms with E-state index >= 15 is 0 Å². The van der Waals surface area contributed by atoms with E-state index in [0.29, 0.717) is 42.9 Å². The minimum atomic E-state index is 0.403. The molecule has 31 heavy (non-hydrogen) atoms. The Hall–Kier alpha value is -3.99. The number of methoxy groups -OCH3 is 2. The van der Waals surface area contributed by atoms with Crippen molar-refractivity contribution in [2.75, 3.05) is 31.5 Å². The molecule has 160 valence electrons. The Morgan fingerprint density at radius 3 is 2.94 bits per heavy atom. The number of fused-ring (bicyclic) bond motifs is 1. The number of nitrogens with zero attached hydrogens (tertiary/aromatic N) is 5. The van der Waals surface area contributed by atoms with E-state index in [1.807, 2.05) is 25.4 Å². The third-order valence-electron chi connectivity index (χ3n) is 4.72. The molecular weight excluding hydrogens is 400 g/mol. The van der Waals surface area contributed by atoms with Gasteiger partial charge in [-0.25, -0.2) is 15.0 Å². The van der Waals surface area contributed by atoms with Gasteiger partial charge >= 0.3 is 0 Å². The Kier molecular flexibility index (Phi) is 5.76. The molecule has 0 aliphatic rings. The number of aryl methyl sites for hydroxylation is 1. The second-order valence-corrected chi connectivity index (χ2v) is 6.70. The SMILES string of the molecule is COCCn1cc(Nc2ncc(C)c(-c3c[nH]c4c(NC=O)nccc34)n2)c(OC)n1. The smallest absolute Gasteiger partial charge is 0.256 e. The van der Waals surface area contributed by atoms with Crippen molar-refractivity contribution < 1.29 is 14.3 Å². The summed E-state index contributed by atoms with van der Waals surface area (Å²) in [6, 6.07) is 1.87. The number of nitrogens with one attached hydrogen (secondary N) is 3. The predicted molar refractivity (Wildman–Crippen MR) is 115 cm³/mol. The van der Waals surface area contributed by atoms with Crippen molar-refractivity contribution in [1.82, 2.24) is 29.7 Å². The highest BCUT2D eigenvalue weighted by molar-refractivity contribution is 6.01. The number of H-pyrrole nitrogens is 1. The van der Waals surface area contributed by atoms with Gasteiger partial charge in [-0.2, -0.15) is 0 Å². The molecule has 4 aromatic rings. The van der Waals surface area contributed by atoms with Gasteiger partial charge in [-0.1, -0.05) is 0 Å². The molecule has 4 aromatic heterocycles. The molecular formula is C20H22N8O3. The van der Waals surface area contributed by atoms with Crippen molar-refractivity contribution in [3.63, 3.8) is 0 Å². The summed E-state index contributed by atoms with van der Waals surface area (Å²) in [6.45, 7) is 3.06. The highest BCUT2D eigenvalue weighted by Crippen LogP contribution is 2.33. The highest BCUT2D eigenvalue weighted by Gasteiger charge is 2.16.